The second-order valence-corrected chi connectivity index (χ2v) is 4.64. The number of rotatable bonds is 3. The van der Waals surface area contributed by atoms with Crippen LogP contribution in [0.3, 0.4) is 0 Å². The SMILES string of the molecule is CN(C(=O)CC1CCCO1)[C@@H]1CNC[C@H]1O. The third-order valence-electron chi connectivity index (χ3n) is 3.47. The van der Waals surface area contributed by atoms with Gasteiger partial charge in [-0.2, -0.15) is 0 Å². The number of likely N-dealkylation sites (N-methyl/N-ethyl adjacent to an activating group) is 1. The van der Waals surface area contributed by atoms with Gasteiger partial charge in [-0.3, -0.25) is 4.79 Å². The number of amides is 1. The number of ether oxygens (including phenoxy) is 1. The molecule has 2 aliphatic heterocycles. The molecule has 0 spiro atoms. The molecule has 16 heavy (non-hydrogen) atoms. The largest absolute Gasteiger partial charge is 0.390 e. The molecule has 0 bridgehead atoms. The minimum absolute atomic E-state index is 0.0691. The van der Waals surface area contributed by atoms with E-state index in [1.165, 1.54) is 0 Å². The number of aliphatic hydroxyl groups is 1. The molecule has 0 saturated carbocycles. The van der Waals surface area contributed by atoms with Crippen LogP contribution >= 0.6 is 0 Å². The van der Waals surface area contributed by atoms with E-state index in [2.05, 4.69) is 5.32 Å². The number of nitrogens with one attached hydrogen (secondary N) is 1. The average molecular weight is 228 g/mol. The lowest BCUT2D eigenvalue weighted by molar-refractivity contribution is -0.135. The van der Waals surface area contributed by atoms with E-state index in [9.17, 15) is 9.90 Å². The maximum absolute atomic E-state index is 11.9. The first-order valence-electron chi connectivity index (χ1n) is 5.94. The van der Waals surface area contributed by atoms with Crippen molar-refractivity contribution in [3.05, 3.63) is 0 Å². The lowest BCUT2D eigenvalue weighted by Gasteiger charge is -2.27. The molecule has 92 valence electrons. The van der Waals surface area contributed by atoms with E-state index in [0.29, 0.717) is 19.5 Å². The monoisotopic (exact) mass is 228 g/mol. The normalized spacial score (nSPS) is 34.2. The van der Waals surface area contributed by atoms with Gasteiger partial charge in [-0.1, -0.05) is 0 Å². The van der Waals surface area contributed by atoms with Crippen molar-refractivity contribution in [1.29, 1.82) is 0 Å². The summed E-state index contributed by atoms with van der Waals surface area (Å²) in [7, 11) is 1.76. The van der Waals surface area contributed by atoms with E-state index < -0.39 is 6.10 Å². The first kappa shape index (κ1) is 11.8. The Morgan fingerprint density at radius 3 is 2.94 bits per heavy atom. The minimum Gasteiger partial charge on any atom is -0.390 e. The van der Waals surface area contributed by atoms with Crippen molar-refractivity contribution in [2.75, 3.05) is 26.7 Å². The van der Waals surface area contributed by atoms with E-state index in [0.717, 1.165) is 19.4 Å². The number of nitrogens with zero attached hydrogens (tertiary/aromatic N) is 1. The molecule has 5 nitrogen and oxygen atoms in total. The van der Waals surface area contributed by atoms with Crippen LogP contribution in [-0.2, 0) is 9.53 Å². The summed E-state index contributed by atoms with van der Waals surface area (Å²) in [5.41, 5.74) is 0. The fourth-order valence-electron chi connectivity index (χ4n) is 2.38. The molecule has 5 heteroatoms. The number of carbonyl (C=O) groups excluding carboxylic acids is 1. The van der Waals surface area contributed by atoms with Gasteiger partial charge in [0.1, 0.15) is 0 Å². The summed E-state index contributed by atoms with van der Waals surface area (Å²) in [6, 6.07) is -0.0890. The van der Waals surface area contributed by atoms with Gasteiger partial charge in [-0.15, -0.1) is 0 Å². The van der Waals surface area contributed by atoms with Crippen LogP contribution in [0.25, 0.3) is 0 Å². The average Bonchev–Trinajstić information content (AvgIpc) is 2.88. The quantitative estimate of drug-likeness (QED) is 0.673. The molecule has 0 aromatic heterocycles. The lowest BCUT2D eigenvalue weighted by Crippen LogP contribution is -2.45. The first-order valence-corrected chi connectivity index (χ1v) is 5.94. The second-order valence-electron chi connectivity index (χ2n) is 4.64. The molecule has 3 atom stereocenters. The number of hydrogen-bond donors (Lipinski definition) is 2. The Labute approximate surface area is 95.8 Å². The number of carbonyl (C=O) groups is 1. The second kappa shape index (κ2) is 5.12. The Kier molecular flexibility index (Phi) is 3.78. The number of hydrogen-bond acceptors (Lipinski definition) is 4. The van der Waals surface area contributed by atoms with E-state index in [-0.39, 0.29) is 18.1 Å². The van der Waals surface area contributed by atoms with Crippen molar-refractivity contribution in [1.82, 2.24) is 10.2 Å². The van der Waals surface area contributed by atoms with Gasteiger partial charge >= 0.3 is 0 Å². The molecule has 2 rings (SSSR count). The molecule has 2 saturated heterocycles. The summed E-state index contributed by atoms with van der Waals surface area (Å²) in [5.74, 6) is 0.0691. The van der Waals surface area contributed by atoms with Crippen molar-refractivity contribution >= 4 is 5.91 Å². The molecular weight excluding hydrogens is 208 g/mol. The van der Waals surface area contributed by atoms with Crippen LogP contribution in [-0.4, -0.2) is 60.9 Å². The topological polar surface area (TPSA) is 61.8 Å². The maximum Gasteiger partial charge on any atom is 0.225 e. The summed E-state index contributed by atoms with van der Waals surface area (Å²) >= 11 is 0. The molecule has 2 heterocycles. The Morgan fingerprint density at radius 2 is 2.38 bits per heavy atom. The zero-order valence-electron chi connectivity index (χ0n) is 9.69. The molecule has 0 aliphatic carbocycles. The summed E-state index contributed by atoms with van der Waals surface area (Å²) < 4.78 is 5.44. The molecule has 2 N–H and O–H groups in total. The van der Waals surface area contributed by atoms with Gasteiger partial charge in [0, 0.05) is 26.7 Å². The van der Waals surface area contributed by atoms with Crippen molar-refractivity contribution in [2.24, 2.45) is 0 Å². The van der Waals surface area contributed by atoms with Crippen LogP contribution in [0.1, 0.15) is 19.3 Å². The number of aliphatic hydroxyl groups excluding tert-OH is 1. The third kappa shape index (κ3) is 2.53. The molecule has 0 aromatic rings. The zero-order valence-corrected chi connectivity index (χ0v) is 9.69. The summed E-state index contributed by atoms with van der Waals surface area (Å²) in [6.45, 7) is 2.02. The fourth-order valence-corrected chi connectivity index (χ4v) is 2.38. The van der Waals surface area contributed by atoms with Gasteiger partial charge in [0.2, 0.25) is 5.91 Å². The molecule has 2 aliphatic rings. The summed E-state index contributed by atoms with van der Waals surface area (Å²) in [4.78, 5) is 13.6. The van der Waals surface area contributed by atoms with Crippen molar-refractivity contribution < 1.29 is 14.6 Å². The van der Waals surface area contributed by atoms with Gasteiger partial charge in [0.05, 0.1) is 24.7 Å². The molecule has 0 radical (unpaired) electrons. The fraction of sp³-hybridized carbons (Fsp3) is 0.909. The van der Waals surface area contributed by atoms with Gasteiger partial charge in [0.25, 0.3) is 0 Å². The predicted octanol–water partition coefficient (Wildman–Crippen LogP) is -0.653. The van der Waals surface area contributed by atoms with Crippen LogP contribution in [0.2, 0.25) is 0 Å². The van der Waals surface area contributed by atoms with Crippen LogP contribution < -0.4 is 5.32 Å². The Morgan fingerprint density at radius 1 is 1.56 bits per heavy atom. The number of β-amino-alcohol motifs (C(OH)–C–C–N with tert-alkyl or cyclic N) is 1. The van der Waals surface area contributed by atoms with Crippen molar-refractivity contribution in [2.45, 2.75) is 37.5 Å². The van der Waals surface area contributed by atoms with E-state index >= 15 is 0 Å². The van der Waals surface area contributed by atoms with Crippen LogP contribution in [0, 0.1) is 0 Å². The van der Waals surface area contributed by atoms with Crippen LogP contribution in [0.4, 0.5) is 0 Å². The van der Waals surface area contributed by atoms with Crippen molar-refractivity contribution in [3.8, 4) is 0 Å². The molecular formula is C11H20N2O3. The van der Waals surface area contributed by atoms with E-state index in [1.807, 2.05) is 0 Å². The highest BCUT2D eigenvalue weighted by Crippen LogP contribution is 2.17. The standard InChI is InChI=1S/C11H20N2O3/c1-13(9-6-12-7-10(9)14)11(15)5-8-3-2-4-16-8/h8-10,12,14H,2-7H2,1H3/t8?,9-,10-/m1/s1. The van der Waals surface area contributed by atoms with Gasteiger partial charge in [-0.25, -0.2) is 0 Å². The minimum atomic E-state index is -0.446. The van der Waals surface area contributed by atoms with Gasteiger partial charge < -0.3 is 20.1 Å². The van der Waals surface area contributed by atoms with Crippen molar-refractivity contribution in [3.63, 3.8) is 0 Å². The molecule has 2 fully saturated rings. The summed E-state index contributed by atoms with van der Waals surface area (Å²) in [6.07, 6.45) is 2.11. The highest BCUT2D eigenvalue weighted by molar-refractivity contribution is 5.77. The van der Waals surface area contributed by atoms with Crippen LogP contribution in [0.5, 0.6) is 0 Å². The highest BCUT2D eigenvalue weighted by Gasteiger charge is 2.32. The highest BCUT2D eigenvalue weighted by atomic mass is 16.5. The lowest BCUT2D eigenvalue weighted by atomic mass is 10.1. The van der Waals surface area contributed by atoms with Crippen LogP contribution in [0.15, 0.2) is 0 Å². The Bertz CT molecular complexity index is 254. The molecule has 0 aromatic carbocycles. The predicted molar refractivity (Wildman–Crippen MR) is 59.0 cm³/mol. The van der Waals surface area contributed by atoms with E-state index in [4.69, 9.17) is 4.74 Å². The zero-order chi connectivity index (χ0) is 11.5. The third-order valence-corrected chi connectivity index (χ3v) is 3.47. The van der Waals surface area contributed by atoms with Gasteiger partial charge in [-0.05, 0) is 12.8 Å². The smallest absolute Gasteiger partial charge is 0.225 e. The summed E-state index contributed by atoms with van der Waals surface area (Å²) in [5, 5.41) is 12.8. The van der Waals surface area contributed by atoms with E-state index in [1.54, 1.807) is 11.9 Å². The first-order chi connectivity index (χ1) is 7.68. The Hall–Kier alpha value is -0.650. The molecule has 1 amide bonds. The maximum atomic E-state index is 11.9. The Balaban J connectivity index is 1.83. The van der Waals surface area contributed by atoms with Gasteiger partial charge in [0.15, 0.2) is 0 Å². The molecule has 1 unspecified atom stereocenters.